The van der Waals surface area contributed by atoms with E-state index in [-0.39, 0.29) is 5.41 Å². The normalized spacial score (nSPS) is 16.5. The van der Waals surface area contributed by atoms with Crippen molar-refractivity contribution in [2.75, 3.05) is 0 Å². The van der Waals surface area contributed by atoms with Crippen molar-refractivity contribution in [2.24, 2.45) is 5.41 Å². The highest BCUT2D eigenvalue weighted by atomic mass is 14.2. The Morgan fingerprint density at radius 2 is 2.00 bits per heavy atom. The molecule has 0 unspecified atom stereocenters. The first-order valence-corrected chi connectivity index (χ1v) is 3.57. The lowest BCUT2D eigenvalue weighted by Crippen LogP contribution is -2.07. The van der Waals surface area contributed by atoms with Crippen LogP contribution in [0.2, 0.25) is 0 Å². The molecule has 1 rings (SSSR count). The third-order valence-corrected chi connectivity index (χ3v) is 1.58. The molecule has 0 heterocycles. The molecule has 0 aromatic rings. The summed E-state index contributed by atoms with van der Waals surface area (Å²) in [5, 5.41) is 0. The molecule has 0 aromatic carbocycles. The summed E-state index contributed by atoms with van der Waals surface area (Å²) in [5.41, 5.74) is 1.64. The maximum absolute atomic E-state index is 3.00. The molecule has 0 saturated heterocycles. The maximum Gasteiger partial charge on any atom is 0.103 e. The summed E-state index contributed by atoms with van der Waals surface area (Å²) in [7, 11) is 0. The van der Waals surface area contributed by atoms with Crippen LogP contribution in [0.3, 0.4) is 0 Å². The lowest BCUT2D eigenvalue weighted by molar-refractivity contribution is 0.517. The Kier molecular flexibility index (Phi) is 1.74. The zero-order valence-electron chi connectivity index (χ0n) is 6.81. The highest BCUT2D eigenvalue weighted by Gasteiger charge is 2.19. The minimum atomic E-state index is 0.273. The number of allylic oxidation sites excluding steroid dienone is 6. The molecule has 0 bridgehead atoms. The van der Waals surface area contributed by atoms with Crippen LogP contribution >= 0.6 is 0 Å². The van der Waals surface area contributed by atoms with E-state index in [0.29, 0.717) is 0 Å². The molecular weight excluding hydrogens is 120 g/mol. The standard InChI is InChI=1S/C10H13/c1-10(2,3)9-7-5-4-6-8-9/h5-8H,1-3H3/q+1. The van der Waals surface area contributed by atoms with Gasteiger partial charge >= 0.3 is 0 Å². The summed E-state index contributed by atoms with van der Waals surface area (Å²) in [6, 6.07) is 0. The molecule has 0 aliphatic heterocycles. The van der Waals surface area contributed by atoms with Gasteiger partial charge in [-0.15, -0.1) is 0 Å². The number of hydrogen-bond donors (Lipinski definition) is 0. The average molecular weight is 133 g/mol. The van der Waals surface area contributed by atoms with Crippen LogP contribution in [0, 0.1) is 11.5 Å². The van der Waals surface area contributed by atoms with Crippen molar-refractivity contribution in [1.29, 1.82) is 0 Å². The van der Waals surface area contributed by atoms with Gasteiger partial charge in [-0.2, -0.15) is 0 Å². The van der Waals surface area contributed by atoms with E-state index in [2.05, 4.69) is 39.0 Å². The van der Waals surface area contributed by atoms with Gasteiger partial charge in [-0.05, 0) is 0 Å². The molecule has 0 aromatic heterocycles. The van der Waals surface area contributed by atoms with Gasteiger partial charge in [-0.1, -0.05) is 20.8 Å². The predicted octanol–water partition coefficient (Wildman–Crippen LogP) is 2.89. The van der Waals surface area contributed by atoms with Crippen molar-refractivity contribution < 1.29 is 0 Å². The van der Waals surface area contributed by atoms with E-state index in [1.165, 1.54) is 5.57 Å². The Hall–Kier alpha value is -0.870. The molecule has 0 nitrogen and oxygen atoms in total. The second kappa shape index (κ2) is 2.40. The molecule has 1 aliphatic carbocycles. The van der Waals surface area contributed by atoms with Gasteiger partial charge in [0.25, 0.3) is 0 Å². The largest absolute Gasteiger partial charge is 0.103 e. The van der Waals surface area contributed by atoms with Gasteiger partial charge in [0.2, 0.25) is 0 Å². The first kappa shape index (κ1) is 7.24. The molecule has 0 amide bonds. The molecule has 0 saturated carbocycles. The lowest BCUT2D eigenvalue weighted by Gasteiger charge is -2.15. The van der Waals surface area contributed by atoms with Crippen molar-refractivity contribution in [1.82, 2.24) is 0 Å². The fourth-order valence-corrected chi connectivity index (χ4v) is 0.887. The molecule has 0 fully saturated rings. The highest BCUT2D eigenvalue weighted by molar-refractivity contribution is 5.33. The van der Waals surface area contributed by atoms with Crippen molar-refractivity contribution >= 4 is 0 Å². The van der Waals surface area contributed by atoms with Gasteiger partial charge in [-0.3, -0.25) is 0 Å². The minimum absolute atomic E-state index is 0.273. The van der Waals surface area contributed by atoms with Gasteiger partial charge in [0, 0.05) is 11.5 Å². The van der Waals surface area contributed by atoms with E-state index >= 15 is 0 Å². The molecule has 0 heteroatoms. The topological polar surface area (TPSA) is 0 Å². The number of hydrogen-bond acceptors (Lipinski definition) is 0. The first-order chi connectivity index (χ1) is 4.61. The average Bonchev–Trinajstić information content (AvgIpc) is 1.88. The Bertz CT molecular complexity index is 197. The SMILES string of the molecule is CC(C)(C)C1=CC=[C+]C=C1. The molecular formula is C10H13+. The van der Waals surface area contributed by atoms with Gasteiger partial charge in [-0.25, -0.2) is 0 Å². The van der Waals surface area contributed by atoms with E-state index in [1.807, 2.05) is 12.2 Å². The number of rotatable bonds is 0. The van der Waals surface area contributed by atoms with Crippen LogP contribution < -0.4 is 0 Å². The van der Waals surface area contributed by atoms with Gasteiger partial charge in [0.05, 0.1) is 17.7 Å². The van der Waals surface area contributed by atoms with Gasteiger partial charge < -0.3 is 0 Å². The molecule has 52 valence electrons. The fraction of sp³-hybridized carbons (Fsp3) is 0.400. The van der Waals surface area contributed by atoms with Crippen molar-refractivity contribution in [3.05, 3.63) is 36.0 Å². The summed E-state index contributed by atoms with van der Waals surface area (Å²) in [4.78, 5) is 0. The monoisotopic (exact) mass is 133 g/mol. The summed E-state index contributed by atoms with van der Waals surface area (Å²) in [6.07, 6.45) is 11.1. The second-order valence-corrected chi connectivity index (χ2v) is 3.54. The van der Waals surface area contributed by atoms with E-state index in [1.54, 1.807) is 0 Å². The van der Waals surface area contributed by atoms with Crippen LogP contribution in [0.15, 0.2) is 29.9 Å². The molecule has 0 radical (unpaired) electrons. The molecule has 1 aliphatic rings. The molecule has 0 atom stereocenters. The van der Waals surface area contributed by atoms with E-state index in [9.17, 15) is 0 Å². The zero-order valence-corrected chi connectivity index (χ0v) is 6.81. The Labute approximate surface area is 62.9 Å². The van der Waals surface area contributed by atoms with Crippen LogP contribution in [-0.2, 0) is 0 Å². The summed E-state index contributed by atoms with van der Waals surface area (Å²) >= 11 is 0. The summed E-state index contributed by atoms with van der Waals surface area (Å²) in [5.74, 6) is 0. The third kappa shape index (κ3) is 1.55. The first-order valence-electron chi connectivity index (χ1n) is 3.57. The Balaban J connectivity index is 2.85. The van der Waals surface area contributed by atoms with Crippen molar-refractivity contribution in [3.63, 3.8) is 0 Å². The van der Waals surface area contributed by atoms with Gasteiger partial charge in [0.1, 0.15) is 12.2 Å². The molecule has 0 N–H and O–H groups in total. The quantitative estimate of drug-likeness (QED) is 0.446. The fourth-order valence-electron chi connectivity index (χ4n) is 0.887. The van der Waals surface area contributed by atoms with Crippen LogP contribution in [0.25, 0.3) is 0 Å². The maximum atomic E-state index is 3.00. The van der Waals surface area contributed by atoms with Crippen molar-refractivity contribution in [3.8, 4) is 0 Å². The highest BCUT2D eigenvalue weighted by Crippen LogP contribution is 2.27. The third-order valence-electron chi connectivity index (χ3n) is 1.58. The Morgan fingerprint density at radius 3 is 2.30 bits per heavy atom. The van der Waals surface area contributed by atoms with E-state index < -0.39 is 0 Å². The van der Waals surface area contributed by atoms with Crippen LogP contribution in [0.1, 0.15) is 20.8 Å². The molecule has 10 heavy (non-hydrogen) atoms. The smallest absolute Gasteiger partial charge is 0.0537 e. The van der Waals surface area contributed by atoms with Gasteiger partial charge in [0.15, 0.2) is 0 Å². The van der Waals surface area contributed by atoms with Crippen LogP contribution in [0.5, 0.6) is 0 Å². The van der Waals surface area contributed by atoms with Crippen LogP contribution in [0.4, 0.5) is 0 Å². The summed E-state index contributed by atoms with van der Waals surface area (Å²) < 4.78 is 0. The Morgan fingerprint density at radius 1 is 1.30 bits per heavy atom. The van der Waals surface area contributed by atoms with E-state index in [0.717, 1.165) is 0 Å². The second-order valence-electron chi connectivity index (χ2n) is 3.54. The van der Waals surface area contributed by atoms with Crippen molar-refractivity contribution in [2.45, 2.75) is 20.8 Å². The molecule has 0 spiro atoms. The van der Waals surface area contributed by atoms with E-state index in [4.69, 9.17) is 0 Å². The van der Waals surface area contributed by atoms with Crippen LogP contribution in [-0.4, -0.2) is 0 Å². The zero-order chi connectivity index (χ0) is 7.61. The lowest BCUT2D eigenvalue weighted by atomic mass is 9.85. The summed E-state index contributed by atoms with van der Waals surface area (Å²) in [6.45, 7) is 6.63. The predicted molar refractivity (Wildman–Crippen MR) is 44.5 cm³/mol. The minimum Gasteiger partial charge on any atom is -0.0537 e.